The van der Waals surface area contributed by atoms with E-state index in [-0.39, 0.29) is 6.04 Å². The van der Waals surface area contributed by atoms with E-state index >= 15 is 0 Å². The molecule has 90 valence electrons. The molecule has 1 atom stereocenters. The van der Waals surface area contributed by atoms with Crippen molar-refractivity contribution in [3.63, 3.8) is 0 Å². The van der Waals surface area contributed by atoms with Gasteiger partial charge in [0.05, 0.1) is 19.3 Å². The second-order valence-electron chi connectivity index (χ2n) is 4.21. The fourth-order valence-corrected chi connectivity index (χ4v) is 1.96. The molecule has 0 fully saturated rings. The van der Waals surface area contributed by atoms with Gasteiger partial charge in [0, 0.05) is 0 Å². The minimum Gasteiger partial charge on any atom is -0.465 e. The average Bonchev–Trinajstić information content (AvgIpc) is 2.28. The number of carbonyl (C=O) groups is 1. The van der Waals surface area contributed by atoms with Crippen LogP contribution in [0.1, 0.15) is 29.7 Å². The van der Waals surface area contributed by atoms with Gasteiger partial charge in [0.25, 0.3) is 0 Å². The van der Waals surface area contributed by atoms with E-state index in [1.807, 2.05) is 25.1 Å². The van der Waals surface area contributed by atoms with Crippen LogP contribution >= 0.6 is 0 Å². The second-order valence-corrected chi connectivity index (χ2v) is 4.21. The van der Waals surface area contributed by atoms with Crippen molar-refractivity contribution in [3.05, 3.63) is 41.5 Å². The van der Waals surface area contributed by atoms with Gasteiger partial charge in [0.2, 0.25) is 0 Å². The van der Waals surface area contributed by atoms with Crippen molar-refractivity contribution < 1.29 is 14.6 Å². The summed E-state index contributed by atoms with van der Waals surface area (Å²) in [6, 6.07) is 5.64. The molecule has 0 radical (unpaired) electrons. The van der Waals surface area contributed by atoms with Crippen LogP contribution in [0.4, 0.5) is 4.79 Å². The summed E-state index contributed by atoms with van der Waals surface area (Å²) in [6.45, 7) is 6.73. The first-order valence-electron chi connectivity index (χ1n) is 5.44. The standard InChI is InChI=1S/C13H15NO3/c1-8(2)9-3-4-10-6-17-7-12(11(10)5-9)14-13(15)16/h3-5,12,14H,1,6-7H2,2H3,(H,15,16). The van der Waals surface area contributed by atoms with Crippen LogP contribution in [-0.4, -0.2) is 17.8 Å². The van der Waals surface area contributed by atoms with Gasteiger partial charge >= 0.3 is 6.09 Å². The summed E-state index contributed by atoms with van der Waals surface area (Å²) < 4.78 is 5.36. The highest BCUT2D eigenvalue weighted by atomic mass is 16.5. The quantitative estimate of drug-likeness (QED) is 0.825. The molecule has 1 amide bonds. The SMILES string of the molecule is C=C(C)c1ccc2c(c1)C(NC(=O)O)COC2. The number of nitrogens with one attached hydrogen (secondary N) is 1. The summed E-state index contributed by atoms with van der Waals surface area (Å²) in [6.07, 6.45) is -1.04. The highest BCUT2D eigenvalue weighted by Crippen LogP contribution is 2.27. The molecule has 1 heterocycles. The molecule has 1 aromatic rings. The molecule has 0 spiro atoms. The lowest BCUT2D eigenvalue weighted by Gasteiger charge is -2.26. The number of fused-ring (bicyclic) bond motifs is 1. The lowest BCUT2D eigenvalue weighted by atomic mass is 9.95. The summed E-state index contributed by atoms with van der Waals surface area (Å²) in [5.41, 5.74) is 4.01. The van der Waals surface area contributed by atoms with Crippen LogP contribution in [0.2, 0.25) is 0 Å². The number of hydrogen-bond donors (Lipinski definition) is 2. The monoisotopic (exact) mass is 233 g/mol. The molecule has 2 N–H and O–H groups in total. The highest BCUT2D eigenvalue weighted by Gasteiger charge is 2.22. The fourth-order valence-electron chi connectivity index (χ4n) is 1.96. The van der Waals surface area contributed by atoms with Gasteiger partial charge < -0.3 is 15.2 Å². The fraction of sp³-hybridized carbons (Fsp3) is 0.308. The zero-order chi connectivity index (χ0) is 12.4. The van der Waals surface area contributed by atoms with Gasteiger partial charge in [-0.2, -0.15) is 0 Å². The molecule has 1 aliphatic rings. The highest BCUT2D eigenvalue weighted by molar-refractivity contribution is 5.66. The smallest absolute Gasteiger partial charge is 0.405 e. The van der Waals surface area contributed by atoms with E-state index in [2.05, 4.69) is 11.9 Å². The Morgan fingerprint density at radius 3 is 3.00 bits per heavy atom. The Balaban J connectivity index is 2.37. The molecule has 1 unspecified atom stereocenters. The summed E-state index contributed by atoms with van der Waals surface area (Å²) >= 11 is 0. The molecule has 0 aliphatic carbocycles. The predicted molar refractivity (Wildman–Crippen MR) is 64.7 cm³/mol. The van der Waals surface area contributed by atoms with E-state index in [0.717, 1.165) is 22.3 Å². The van der Waals surface area contributed by atoms with Gasteiger partial charge in [-0.25, -0.2) is 4.79 Å². The van der Waals surface area contributed by atoms with E-state index in [1.165, 1.54) is 0 Å². The largest absolute Gasteiger partial charge is 0.465 e. The molecular weight excluding hydrogens is 218 g/mol. The molecule has 0 bridgehead atoms. The summed E-state index contributed by atoms with van der Waals surface area (Å²) in [7, 11) is 0. The van der Waals surface area contributed by atoms with Gasteiger partial charge in [0.15, 0.2) is 0 Å². The molecule has 4 heteroatoms. The Kier molecular flexibility index (Phi) is 3.15. The minimum absolute atomic E-state index is 0.296. The predicted octanol–water partition coefficient (Wildman–Crippen LogP) is 2.56. The van der Waals surface area contributed by atoms with E-state index in [1.54, 1.807) is 0 Å². The van der Waals surface area contributed by atoms with E-state index < -0.39 is 6.09 Å². The van der Waals surface area contributed by atoms with Crippen molar-refractivity contribution in [3.8, 4) is 0 Å². The lowest BCUT2D eigenvalue weighted by molar-refractivity contribution is 0.0808. The molecular formula is C13H15NO3. The van der Waals surface area contributed by atoms with Crippen LogP contribution in [0.15, 0.2) is 24.8 Å². The van der Waals surface area contributed by atoms with Gasteiger partial charge in [-0.3, -0.25) is 0 Å². The summed E-state index contributed by atoms with van der Waals surface area (Å²) in [5.74, 6) is 0. The number of allylic oxidation sites excluding steroid dienone is 1. The van der Waals surface area contributed by atoms with E-state index in [4.69, 9.17) is 9.84 Å². The first kappa shape index (κ1) is 11.7. The number of carboxylic acid groups (broad SMARTS) is 1. The molecule has 4 nitrogen and oxygen atoms in total. The second kappa shape index (κ2) is 4.59. The number of benzene rings is 1. The topological polar surface area (TPSA) is 58.6 Å². The molecule has 0 aromatic heterocycles. The third kappa shape index (κ3) is 2.47. The third-order valence-electron chi connectivity index (χ3n) is 2.85. The molecule has 0 saturated carbocycles. The molecule has 17 heavy (non-hydrogen) atoms. The number of ether oxygens (including phenoxy) is 1. The van der Waals surface area contributed by atoms with Crippen molar-refractivity contribution in [2.24, 2.45) is 0 Å². The van der Waals surface area contributed by atoms with Gasteiger partial charge in [0.1, 0.15) is 0 Å². The first-order chi connectivity index (χ1) is 8.08. The maximum absolute atomic E-state index is 10.7. The van der Waals surface area contributed by atoms with Crippen molar-refractivity contribution in [2.45, 2.75) is 19.6 Å². The Labute approximate surface area is 99.9 Å². The number of amides is 1. The average molecular weight is 233 g/mol. The van der Waals surface area contributed by atoms with Crippen LogP contribution in [0, 0.1) is 0 Å². The maximum Gasteiger partial charge on any atom is 0.405 e. The Bertz CT molecular complexity index is 468. The zero-order valence-corrected chi connectivity index (χ0v) is 9.69. The van der Waals surface area contributed by atoms with Crippen LogP contribution in [0.5, 0.6) is 0 Å². The summed E-state index contributed by atoms with van der Waals surface area (Å²) in [5, 5.41) is 11.3. The first-order valence-corrected chi connectivity index (χ1v) is 5.44. The third-order valence-corrected chi connectivity index (χ3v) is 2.85. The number of rotatable bonds is 2. The van der Waals surface area contributed by atoms with Crippen LogP contribution < -0.4 is 5.32 Å². The van der Waals surface area contributed by atoms with E-state index in [0.29, 0.717) is 13.2 Å². The van der Waals surface area contributed by atoms with Gasteiger partial charge in [-0.05, 0) is 29.7 Å². The molecule has 1 aromatic carbocycles. The minimum atomic E-state index is -1.04. The van der Waals surface area contributed by atoms with Gasteiger partial charge in [-0.15, -0.1) is 0 Å². The number of hydrogen-bond acceptors (Lipinski definition) is 2. The van der Waals surface area contributed by atoms with Crippen LogP contribution in [0.25, 0.3) is 5.57 Å². The molecule has 1 aliphatic heterocycles. The van der Waals surface area contributed by atoms with Gasteiger partial charge in [-0.1, -0.05) is 24.3 Å². The van der Waals surface area contributed by atoms with Crippen molar-refractivity contribution in [1.82, 2.24) is 5.32 Å². The molecule has 2 rings (SSSR count). The lowest BCUT2D eigenvalue weighted by Crippen LogP contribution is -2.33. The maximum atomic E-state index is 10.7. The Morgan fingerprint density at radius 1 is 1.59 bits per heavy atom. The normalized spacial score (nSPS) is 18.3. The zero-order valence-electron chi connectivity index (χ0n) is 9.69. The van der Waals surface area contributed by atoms with Crippen molar-refractivity contribution >= 4 is 11.7 Å². The molecule has 0 saturated heterocycles. The van der Waals surface area contributed by atoms with E-state index in [9.17, 15) is 4.79 Å². The van der Waals surface area contributed by atoms with Crippen LogP contribution in [0.3, 0.4) is 0 Å². The van der Waals surface area contributed by atoms with Crippen LogP contribution in [-0.2, 0) is 11.3 Å². The Hall–Kier alpha value is -1.81. The van der Waals surface area contributed by atoms with Crippen molar-refractivity contribution in [1.29, 1.82) is 0 Å². The van der Waals surface area contributed by atoms with Crippen molar-refractivity contribution in [2.75, 3.05) is 6.61 Å². The Morgan fingerprint density at radius 2 is 2.35 bits per heavy atom. The summed E-state index contributed by atoms with van der Waals surface area (Å²) in [4.78, 5) is 10.7.